The molecule has 0 amide bonds. The molecule has 0 heterocycles. The number of hydrogen-bond donors (Lipinski definition) is 1. The van der Waals surface area contributed by atoms with E-state index in [9.17, 15) is 13.2 Å². The molecule has 0 unspecified atom stereocenters. The van der Waals surface area contributed by atoms with Gasteiger partial charge in [-0.05, 0) is 52.5 Å². The Morgan fingerprint density at radius 3 is 2.53 bits per heavy atom. The highest BCUT2D eigenvalue weighted by atomic mass is 79.9. The molecule has 0 aliphatic heterocycles. The summed E-state index contributed by atoms with van der Waals surface area (Å²) in [6, 6.07) is 4.56. The van der Waals surface area contributed by atoms with Crippen LogP contribution in [0.2, 0.25) is 0 Å². The Morgan fingerprint density at radius 1 is 1.32 bits per heavy atom. The second-order valence-corrected chi connectivity index (χ2v) is 5.53. The zero-order valence-corrected chi connectivity index (χ0v) is 12.4. The van der Waals surface area contributed by atoms with Crippen molar-refractivity contribution in [2.24, 2.45) is 5.92 Å². The van der Waals surface area contributed by atoms with Crippen molar-refractivity contribution in [2.75, 3.05) is 6.54 Å². The number of hydrogen-bond acceptors (Lipinski definition) is 2. The third-order valence-corrected chi connectivity index (χ3v) is 3.07. The van der Waals surface area contributed by atoms with Crippen molar-refractivity contribution in [1.29, 1.82) is 0 Å². The van der Waals surface area contributed by atoms with Crippen molar-refractivity contribution in [2.45, 2.75) is 33.2 Å². The summed E-state index contributed by atoms with van der Waals surface area (Å²) in [4.78, 5) is 0. The molecule has 0 saturated carbocycles. The number of alkyl halides is 3. The Bertz CT molecular complexity index is 407. The second kappa shape index (κ2) is 7.14. The van der Waals surface area contributed by atoms with Gasteiger partial charge in [0.1, 0.15) is 5.75 Å². The topological polar surface area (TPSA) is 21.3 Å². The van der Waals surface area contributed by atoms with E-state index in [0.29, 0.717) is 16.9 Å². The van der Waals surface area contributed by atoms with Gasteiger partial charge in [0.15, 0.2) is 0 Å². The average molecular weight is 340 g/mol. The molecule has 0 spiro atoms. The minimum atomic E-state index is -4.67. The molecule has 0 atom stereocenters. The van der Waals surface area contributed by atoms with Gasteiger partial charge in [-0.1, -0.05) is 19.9 Å². The van der Waals surface area contributed by atoms with Gasteiger partial charge in [0, 0.05) is 6.54 Å². The summed E-state index contributed by atoms with van der Waals surface area (Å²) in [6.45, 7) is 5.79. The van der Waals surface area contributed by atoms with Crippen LogP contribution in [0.5, 0.6) is 5.75 Å². The average Bonchev–Trinajstić information content (AvgIpc) is 2.26. The number of nitrogens with one attached hydrogen (secondary N) is 1. The summed E-state index contributed by atoms with van der Waals surface area (Å²) in [5.41, 5.74) is 0.908. The first-order valence-corrected chi connectivity index (χ1v) is 6.82. The monoisotopic (exact) mass is 339 g/mol. The maximum absolute atomic E-state index is 12.1. The molecular formula is C13H17BrF3NO. The lowest BCUT2D eigenvalue weighted by molar-refractivity contribution is -0.274. The lowest BCUT2D eigenvalue weighted by atomic mass is 10.1. The van der Waals surface area contributed by atoms with E-state index < -0.39 is 6.36 Å². The van der Waals surface area contributed by atoms with Gasteiger partial charge in [-0.25, -0.2) is 0 Å². The molecule has 6 heteroatoms. The molecule has 0 aliphatic rings. The standard InChI is InChI=1S/C13H17BrF3NO/c1-9(2)5-6-18-8-10-3-4-12(11(14)7-10)19-13(15,16)17/h3-4,7,9,18H,5-6,8H2,1-2H3. The van der Waals surface area contributed by atoms with Gasteiger partial charge >= 0.3 is 6.36 Å². The molecule has 0 fully saturated rings. The highest BCUT2D eigenvalue weighted by Gasteiger charge is 2.31. The predicted octanol–water partition coefficient (Wildman–Crippen LogP) is 4.48. The van der Waals surface area contributed by atoms with Crippen molar-refractivity contribution in [3.8, 4) is 5.75 Å². The van der Waals surface area contributed by atoms with Gasteiger partial charge in [-0.15, -0.1) is 13.2 Å². The third kappa shape index (κ3) is 6.82. The van der Waals surface area contributed by atoms with Crippen molar-refractivity contribution in [3.05, 3.63) is 28.2 Å². The van der Waals surface area contributed by atoms with Gasteiger partial charge in [-0.2, -0.15) is 0 Å². The Morgan fingerprint density at radius 2 is 2.00 bits per heavy atom. The van der Waals surface area contributed by atoms with Crippen molar-refractivity contribution < 1.29 is 17.9 Å². The van der Waals surface area contributed by atoms with Crippen molar-refractivity contribution in [1.82, 2.24) is 5.32 Å². The fourth-order valence-electron chi connectivity index (χ4n) is 1.49. The van der Waals surface area contributed by atoms with Crippen LogP contribution in [0.25, 0.3) is 0 Å². The zero-order valence-electron chi connectivity index (χ0n) is 10.9. The molecule has 0 aromatic heterocycles. The van der Waals surface area contributed by atoms with Gasteiger partial charge in [0.05, 0.1) is 4.47 Å². The first-order chi connectivity index (χ1) is 8.78. The molecule has 1 aromatic carbocycles. The van der Waals surface area contributed by atoms with E-state index in [0.717, 1.165) is 18.5 Å². The van der Waals surface area contributed by atoms with Gasteiger partial charge < -0.3 is 10.1 Å². The van der Waals surface area contributed by atoms with Crippen LogP contribution in [-0.2, 0) is 6.54 Å². The zero-order chi connectivity index (χ0) is 14.5. The molecule has 0 saturated heterocycles. The molecule has 0 radical (unpaired) electrons. The van der Waals surface area contributed by atoms with Gasteiger partial charge in [0.25, 0.3) is 0 Å². The third-order valence-electron chi connectivity index (χ3n) is 2.45. The highest BCUT2D eigenvalue weighted by molar-refractivity contribution is 9.10. The van der Waals surface area contributed by atoms with Crippen molar-refractivity contribution in [3.63, 3.8) is 0 Å². The number of rotatable bonds is 6. The predicted molar refractivity (Wildman–Crippen MR) is 72.0 cm³/mol. The normalized spacial score (nSPS) is 11.9. The molecular weight excluding hydrogens is 323 g/mol. The minimum absolute atomic E-state index is 0.224. The molecule has 1 rings (SSSR count). The summed E-state index contributed by atoms with van der Waals surface area (Å²) in [6.07, 6.45) is -3.60. The van der Waals surface area contributed by atoms with Gasteiger partial charge in [-0.3, -0.25) is 0 Å². The van der Waals surface area contributed by atoms with Crippen LogP contribution in [0.3, 0.4) is 0 Å². The van der Waals surface area contributed by atoms with E-state index in [-0.39, 0.29) is 5.75 Å². The number of benzene rings is 1. The number of halogens is 4. The second-order valence-electron chi connectivity index (χ2n) is 4.67. The first-order valence-electron chi connectivity index (χ1n) is 6.03. The smallest absolute Gasteiger partial charge is 0.405 e. The van der Waals surface area contributed by atoms with Gasteiger partial charge in [0.2, 0.25) is 0 Å². The van der Waals surface area contributed by atoms with Crippen LogP contribution in [0.1, 0.15) is 25.8 Å². The Labute approximate surface area is 119 Å². The van der Waals surface area contributed by atoms with Crippen molar-refractivity contribution >= 4 is 15.9 Å². The lowest BCUT2D eigenvalue weighted by Crippen LogP contribution is -2.18. The maximum Gasteiger partial charge on any atom is 0.573 e. The fourth-order valence-corrected chi connectivity index (χ4v) is 1.99. The quantitative estimate of drug-likeness (QED) is 0.771. The lowest BCUT2D eigenvalue weighted by Gasteiger charge is -2.12. The highest BCUT2D eigenvalue weighted by Crippen LogP contribution is 2.30. The molecule has 2 nitrogen and oxygen atoms in total. The fraction of sp³-hybridized carbons (Fsp3) is 0.538. The molecule has 0 aliphatic carbocycles. The largest absolute Gasteiger partial charge is 0.573 e. The van der Waals surface area contributed by atoms with E-state index in [1.54, 1.807) is 12.1 Å². The molecule has 1 N–H and O–H groups in total. The van der Waals surface area contributed by atoms with E-state index in [1.165, 1.54) is 6.07 Å². The summed E-state index contributed by atoms with van der Waals surface area (Å²) < 4.78 is 40.4. The molecule has 19 heavy (non-hydrogen) atoms. The summed E-state index contributed by atoms with van der Waals surface area (Å²) in [5, 5.41) is 3.24. The van der Waals surface area contributed by atoms with Crippen LogP contribution in [-0.4, -0.2) is 12.9 Å². The SMILES string of the molecule is CC(C)CCNCc1ccc(OC(F)(F)F)c(Br)c1. The Hall–Kier alpha value is -0.750. The first kappa shape index (κ1) is 16.3. The van der Waals surface area contributed by atoms with Crippen LogP contribution in [0.15, 0.2) is 22.7 Å². The molecule has 108 valence electrons. The summed E-state index contributed by atoms with van der Waals surface area (Å²) >= 11 is 3.08. The van der Waals surface area contributed by atoms with Crippen LogP contribution in [0.4, 0.5) is 13.2 Å². The van der Waals surface area contributed by atoms with E-state index >= 15 is 0 Å². The Kier molecular flexibility index (Phi) is 6.13. The maximum atomic E-state index is 12.1. The van der Waals surface area contributed by atoms with Crippen LogP contribution in [0, 0.1) is 5.92 Å². The Balaban J connectivity index is 2.52. The summed E-state index contributed by atoms with van der Waals surface area (Å²) in [5.74, 6) is 0.403. The van der Waals surface area contributed by atoms with E-state index in [2.05, 4.69) is 39.8 Å². The van der Waals surface area contributed by atoms with E-state index in [1.807, 2.05) is 0 Å². The summed E-state index contributed by atoms with van der Waals surface area (Å²) in [7, 11) is 0. The van der Waals surface area contributed by atoms with E-state index in [4.69, 9.17) is 0 Å². The minimum Gasteiger partial charge on any atom is -0.405 e. The molecule has 1 aromatic rings. The molecule has 0 bridgehead atoms. The number of ether oxygens (including phenoxy) is 1. The van der Waals surface area contributed by atoms with Crippen LogP contribution >= 0.6 is 15.9 Å². The van der Waals surface area contributed by atoms with Crippen LogP contribution < -0.4 is 10.1 Å².